The molecule has 2 aromatic rings. The normalized spacial score (nSPS) is 20.2. The van der Waals surface area contributed by atoms with Crippen molar-refractivity contribution in [3.05, 3.63) is 23.2 Å². The molecule has 3 rings (SSSR count). The van der Waals surface area contributed by atoms with Crippen LogP contribution in [-0.4, -0.2) is 61.6 Å². The molecular formula is C18H25BrN6O3. The van der Waals surface area contributed by atoms with Gasteiger partial charge in [0.15, 0.2) is 5.82 Å². The van der Waals surface area contributed by atoms with Gasteiger partial charge in [-0.2, -0.15) is 5.10 Å². The molecule has 0 bridgehead atoms. The molecule has 28 heavy (non-hydrogen) atoms. The fourth-order valence-corrected chi connectivity index (χ4v) is 3.12. The van der Waals surface area contributed by atoms with E-state index in [1.54, 1.807) is 22.0 Å². The fraction of sp³-hybridized carbons (Fsp3) is 0.556. The van der Waals surface area contributed by atoms with E-state index in [0.717, 1.165) is 5.56 Å². The molecule has 1 fully saturated rings. The number of nitrogens with zero attached hydrogens (tertiary/aromatic N) is 5. The third-order valence-corrected chi connectivity index (χ3v) is 4.79. The van der Waals surface area contributed by atoms with Crippen LogP contribution in [0.4, 0.5) is 10.6 Å². The molecule has 3 heterocycles. The highest BCUT2D eigenvalue weighted by Crippen LogP contribution is 2.22. The molecule has 2 aromatic heterocycles. The first-order valence-corrected chi connectivity index (χ1v) is 9.84. The second-order valence-electron chi connectivity index (χ2n) is 7.82. The summed E-state index contributed by atoms with van der Waals surface area (Å²) in [6.07, 6.45) is 4.68. The lowest BCUT2D eigenvalue weighted by Gasteiger charge is -2.38. The Morgan fingerprint density at radius 2 is 2.18 bits per heavy atom. The van der Waals surface area contributed by atoms with Crippen molar-refractivity contribution in [2.24, 2.45) is 0 Å². The summed E-state index contributed by atoms with van der Waals surface area (Å²) in [5.74, 6) is 0.336. The highest BCUT2D eigenvalue weighted by molar-refractivity contribution is 9.10. The van der Waals surface area contributed by atoms with E-state index in [2.05, 4.69) is 31.0 Å². The number of nitrogen functional groups attached to an aromatic ring is 1. The van der Waals surface area contributed by atoms with Crippen molar-refractivity contribution in [3.63, 3.8) is 0 Å². The van der Waals surface area contributed by atoms with Gasteiger partial charge in [-0.1, -0.05) is 0 Å². The Hall–Kier alpha value is -2.20. The minimum Gasteiger partial charge on any atom is -0.444 e. The van der Waals surface area contributed by atoms with Crippen molar-refractivity contribution in [1.29, 1.82) is 0 Å². The molecule has 9 nitrogen and oxygen atoms in total. The van der Waals surface area contributed by atoms with E-state index in [4.69, 9.17) is 15.2 Å². The van der Waals surface area contributed by atoms with Crippen LogP contribution < -0.4 is 5.73 Å². The van der Waals surface area contributed by atoms with Crippen molar-refractivity contribution in [1.82, 2.24) is 24.6 Å². The first-order valence-electron chi connectivity index (χ1n) is 9.04. The van der Waals surface area contributed by atoms with Gasteiger partial charge in [-0.3, -0.25) is 4.68 Å². The number of halogens is 1. The molecule has 2 atom stereocenters. The van der Waals surface area contributed by atoms with Crippen molar-refractivity contribution in [3.8, 4) is 11.3 Å². The maximum absolute atomic E-state index is 12.5. The van der Waals surface area contributed by atoms with Gasteiger partial charge in [-0.05, 0) is 43.6 Å². The molecule has 1 aliphatic heterocycles. The average molecular weight is 453 g/mol. The van der Waals surface area contributed by atoms with Crippen LogP contribution in [-0.2, 0) is 16.0 Å². The number of amides is 1. The van der Waals surface area contributed by atoms with Crippen molar-refractivity contribution < 1.29 is 14.3 Å². The van der Waals surface area contributed by atoms with E-state index >= 15 is 0 Å². The summed E-state index contributed by atoms with van der Waals surface area (Å²) in [6.45, 7) is 8.93. The first kappa shape index (κ1) is 20.5. The molecule has 1 amide bonds. The Bertz CT molecular complexity index is 850. The molecule has 0 aromatic carbocycles. The van der Waals surface area contributed by atoms with Crippen LogP contribution in [0.2, 0.25) is 0 Å². The third kappa shape index (κ3) is 4.99. The third-order valence-electron chi connectivity index (χ3n) is 4.21. The minimum atomic E-state index is -0.532. The second-order valence-corrected chi connectivity index (χ2v) is 8.57. The number of carbonyl (C=O) groups excluding carboxylic acids is 1. The van der Waals surface area contributed by atoms with Gasteiger partial charge in [0.1, 0.15) is 10.2 Å². The highest BCUT2D eigenvalue weighted by atomic mass is 79.9. The summed E-state index contributed by atoms with van der Waals surface area (Å²) in [5.41, 5.74) is 6.64. The summed E-state index contributed by atoms with van der Waals surface area (Å²) in [6, 6.07) is -0.0401. The van der Waals surface area contributed by atoms with Crippen molar-refractivity contribution in [2.75, 3.05) is 18.9 Å². The number of nitrogens with two attached hydrogens (primary N) is 1. The van der Waals surface area contributed by atoms with E-state index in [9.17, 15) is 4.79 Å². The van der Waals surface area contributed by atoms with Gasteiger partial charge in [-0.15, -0.1) is 0 Å². The number of ether oxygens (including phenoxy) is 2. The summed E-state index contributed by atoms with van der Waals surface area (Å²) in [4.78, 5) is 22.6. The number of morpholine rings is 1. The van der Waals surface area contributed by atoms with Gasteiger partial charge in [0.05, 0.1) is 49.9 Å². The van der Waals surface area contributed by atoms with E-state index in [1.165, 1.54) is 0 Å². The first-order chi connectivity index (χ1) is 13.1. The Labute approximate surface area is 172 Å². The van der Waals surface area contributed by atoms with Crippen LogP contribution in [0, 0.1) is 0 Å². The Morgan fingerprint density at radius 1 is 1.43 bits per heavy atom. The molecular weight excluding hydrogens is 428 g/mol. The number of hydrogen-bond donors (Lipinski definition) is 1. The summed E-state index contributed by atoms with van der Waals surface area (Å²) in [7, 11) is 0. The second kappa shape index (κ2) is 8.04. The summed E-state index contributed by atoms with van der Waals surface area (Å²) in [5, 5.41) is 4.37. The standard InChI is InChI=1S/C18H25BrN6O3/c1-11-10-27-13(9-25(11)17(26)28-18(2,3)4)8-24-7-12(5-22-24)14-6-21-16(20)15(19)23-14/h5-7,11,13H,8-10H2,1-4H3,(H2,20,21)/t11-,13+/m1/s1. The lowest BCUT2D eigenvalue weighted by atomic mass is 10.2. The number of carbonyl (C=O) groups is 1. The lowest BCUT2D eigenvalue weighted by molar-refractivity contribution is -0.0711. The average Bonchev–Trinajstić information content (AvgIpc) is 3.06. The number of hydrogen-bond acceptors (Lipinski definition) is 7. The van der Waals surface area contributed by atoms with Crippen molar-refractivity contribution >= 4 is 27.8 Å². The van der Waals surface area contributed by atoms with Gasteiger partial charge in [-0.25, -0.2) is 14.8 Å². The van der Waals surface area contributed by atoms with Crippen LogP contribution in [0.5, 0.6) is 0 Å². The van der Waals surface area contributed by atoms with Gasteiger partial charge in [0.2, 0.25) is 0 Å². The molecule has 0 unspecified atom stereocenters. The predicted molar refractivity (Wildman–Crippen MR) is 108 cm³/mol. The topological polar surface area (TPSA) is 108 Å². The zero-order valence-electron chi connectivity index (χ0n) is 16.4. The quantitative estimate of drug-likeness (QED) is 0.761. The lowest BCUT2D eigenvalue weighted by Crippen LogP contribution is -2.53. The monoisotopic (exact) mass is 452 g/mol. The largest absolute Gasteiger partial charge is 0.444 e. The van der Waals surface area contributed by atoms with Crippen LogP contribution in [0.3, 0.4) is 0 Å². The summed E-state index contributed by atoms with van der Waals surface area (Å²) < 4.78 is 13.7. The molecule has 1 aliphatic rings. The fourth-order valence-electron chi connectivity index (χ4n) is 2.82. The maximum Gasteiger partial charge on any atom is 0.410 e. The van der Waals surface area contributed by atoms with E-state index in [-0.39, 0.29) is 18.2 Å². The van der Waals surface area contributed by atoms with E-state index in [1.807, 2.05) is 33.9 Å². The molecule has 0 saturated carbocycles. The molecule has 1 saturated heterocycles. The SMILES string of the molecule is C[C@@H]1CO[C@@H](Cn2cc(-c3cnc(N)c(Br)n3)cn2)CN1C(=O)OC(C)(C)C. The van der Waals surface area contributed by atoms with Crippen LogP contribution in [0.25, 0.3) is 11.3 Å². The zero-order chi connectivity index (χ0) is 20.5. The Balaban J connectivity index is 1.66. The highest BCUT2D eigenvalue weighted by Gasteiger charge is 2.33. The minimum absolute atomic E-state index is 0.0401. The number of rotatable bonds is 3. The van der Waals surface area contributed by atoms with Crippen LogP contribution in [0.1, 0.15) is 27.7 Å². The molecule has 10 heteroatoms. The van der Waals surface area contributed by atoms with E-state index < -0.39 is 5.60 Å². The van der Waals surface area contributed by atoms with Gasteiger partial charge in [0.25, 0.3) is 0 Å². The predicted octanol–water partition coefficient (Wildman–Crippen LogP) is 2.71. The molecule has 0 aliphatic carbocycles. The Kier molecular flexibility index (Phi) is 5.90. The summed E-state index contributed by atoms with van der Waals surface area (Å²) >= 11 is 3.28. The maximum atomic E-state index is 12.5. The Morgan fingerprint density at radius 3 is 2.86 bits per heavy atom. The van der Waals surface area contributed by atoms with Gasteiger partial charge < -0.3 is 20.1 Å². The van der Waals surface area contributed by atoms with Crippen LogP contribution in [0.15, 0.2) is 23.2 Å². The molecule has 0 spiro atoms. The van der Waals surface area contributed by atoms with Gasteiger partial charge in [0, 0.05) is 11.8 Å². The molecule has 0 radical (unpaired) electrons. The molecule has 152 valence electrons. The van der Waals surface area contributed by atoms with Crippen molar-refractivity contribution in [2.45, 2.75) is 52.0 Å². The smallest absolute Gasteiger partial charge is 0.410 e. The number of aromatic nitrogens is 4. The van der Waals surface area contributed by atoms with E-state index in [0.29, 0.717) is 35.8 Å². The number of anilines is 1. The zero-order valence-corrected chi connectivity index (χ0v) is 18.0. The molecule has 2 N–H and O–H groups in total. The van der Waals surface area contributed by atoms with Gasteiger partial charge >= 0.3 is 6.09 Å². The van der Waals surface area contributed by atoms with Crippen LogP contribution >= 0.6 is 15.9 Å².